The van der Waals surface area contributed by atoms with Gasteiger partial charge in [-0.1, -0.05) is 42.8 Å². The third-order valence-electron chi connectivity index (χ3n) is 4.32. The van der Waals surface area contributed by atoms with Crippen molar-refractivity contribution in [2.75, 3.05) is 27.8 Å². The molecule has 2 N–H and O–H groups in total. The smallest absolute Gasteiger partial charge is 0.191 e. The Bertz CT molecular complexity index is 750. The molecule has 0 saturated carbocycles. The second-order valence-corrected chi connectivity index (χ2v) is 6.31. The van der Waals surface area contributed by atoms with Crippen LogP contribution in [-0.4, -0.2) is 33.8 Å². The summed E-state index contributed by atoms with van der Waals surface area (Å²) in [5.41, 5.74) is 3.70. The van der Waals surface area contributed by atoms with E-state index in [1.807, 2.05) is 18.2 Å². The minimum atomic E-state index is 0. The lowest BCUT2D eigenvalue weighted by molar-refractivity contribution is 0.354. The first kappa shape index (κ1) is 23.1. The summed E-state index contributed by atoms with van der Waals surface area (Å²) in [6.45, 7) is 5.80. The fourth-order valence-corrected chi connectivity index (χ4v) is 2.74. The van der Waals surface area contributed by atoms with Crippen LogP contribution >= 0.6 is 24.0 Å². The third-order valence-corrected chi connectivity index (χ3v) is 4.32. The number of guanidine groups is 1. The molecule has 0 aliphatic carbocycles. The molecule has 1 unspecified atom stereocenters. The van der Waals surface area contributed by atoms with Crippen LogP contribution in [0.1, 0.15) is 29.5 Å². The number of aryl methyl sites for hydroxylation is 1. The number of benzene rings is 2. The van der Waals surface area contributed by atoms with Gasteiger partial charge in [0.05, 0.1) is 14.2 Å². The van der Waals surface area contributed by atoms with Crippen LogP contribution in [0.4, 0.5) is 0 Å². The van der Waals surface area contributed by atoms with Gasteiger partial charge in [0.15, 0.2) is 17.5 Å². The number of halogens is 1. The largest absolute Gasteiger partial charge is 0.493 e. The molecule has 1 atom stereocenters. The fourth-order valence-electron chi connectivity index (χ4n) is 2.74. The molecule has 0 saturated heterocycles. The third kappa shape index (κ3) is 6.93. The minimum Gasteiger partial charge on any atom is -0.493 e. The summed E-state index contributed by atoms with van der Waals surface area (Å²) in [5, 5.41) is 6.73. The Hall–Kier alpha value is -1.96. The second kappa shape index (κ2) is 11.7. The first-order chi connectivity index (χ1) is 12.6. The summed E-state index contributed by atoms with van der Waals surface area (Å²) in [4.78, 5) is 4.30. The van der Waals surface area contributed by atoms with Gasteiger partial charge < -0.3 is 20.1 Å². The summed E-state index contributed by atoms with van der Waals surface area (Å²) in [6.07, 6.45) is 0. The molecule has 148 valence electrons. The zero-order chi connectivity index (χ0) is 18.9. The first-order valence-electron chi connectivity index (χ1n) is 8.79. The van der Waals surface area contributed by atoms with Gasteiger partial charge in [-0.15, -0.1) is 24.0 Å². The van der Waals surface area contributed by atoms with E-state index in [1.54, 1.807) is 21.3 Å². The molecule has 6 heteroatoms. The molecular weight excluding hydrogens is 453 g/mol. The number of nitrogens with zero attached hydrogens (tertiary/aromatic N) is 1. The van der Waals surface area contributed by atoms with Crippen LogP contribution in [0.25, 0.3) is 0 Å². The molecule has 0 radical (unpaired) electrons. The number of hydrogen-bond donors (Lipinski definition) is 2. The molecule has 0 amide bonds. The van der Waals surface area contributed by atoms with Crippen molar-refractivity contribution in [2.24, 2.45) is 4.99 Å². The summed E-state index contributed by atoms with van der Waals surface area (Å²) in [7, 11) is 5.06. The standard InChI is InChI=1S/C21H29N3O2.HI/c1-15-7-6-8-18(11-15)16(2)13-23-21(22-3)24-14-17-9-10-19(25-4)20(12-17)26-5;/h6-12,16H,13-14H2,1-5H3,(H2,22,23,24);1H. The zero-order valence-electron chi connectivity index (χ0n) is 16.7. The molecule has 0 aromatic heterocycles. The lowest BCUT2D eigenvalue weighted by Crippen LogP contribution is -2.38. The Morgan fingerprint density at radius 1 is 1.04 bits per heavy atom. The highest BCUT2D eigenvalue weighted by molar-refractivity contribution is 14.0. The number of hydrogen-bond acceptors (Lipinski definition) is 3. The quantitative estimate of drug-likeness (QED) is 0.354. The van der Waals surface area contributed by atoms with Crippen LogP contribution in [0.3, 0.4) is 0 Å². The Morgan fingerprint density at radius 2 is 1.78 bits per heavy atom. The topological polar surface area (TPSA) is 54.9 Å². The van der Waals surface area contributed by atoms with Gasteiger partial charge in [0.1, 0.15) is 0 Å². The van der Waals surface area contributed by atoms with Crippen LogP contribution in [0, 0.1) is 6.92 Å². The molecule has 5 nitrogen and oxygen atoms in total. The van der Waals surface area contributed by atoms with E-state index < -0.39 is 0 Å². The monoisotopic (exact) mass is 483 g/mol. The zero-order valence-corrected chi connectivity index (χ0v) is 19.0. The lowest BCUT2D eigenvalue weighted by atomic mass is 9.99. The van der Waals surface area contributed by atoms with Crippen molar-refractivity contribution >= 4 is 29.9 Å². The van der Waals surface area contributed by atoms with Gasteiger partial charge in [-0.25, -0.2) is 0 Å². The highest BCUT2D eigenvalue weighted by Gasteiger charge is 2.08. The Kier molecular flexibility index (Phi) is 9.99. The van der Waals surface area contributed by atoms with Crippen molar-refractivity contribution < 1.29 is 9.47 Å². The molecule has 2 aromatic rings. The van der Waals surface area contributed by atoms with E-state index in [0.717, 1.165) is 29.6 Å². The molecule has 0 bridgehead atoms. The molecule has 2 aromatic carbocycles. The molecule has 0 aliphatic rings. The maximum absolute atomic E-state index is 5.35. The Morgan fingerprint density at radius 3 is 2.41 bits per heavy atom. The molecule has 27 heavy (non-hydrogen) atoms. The van der Waals surface area contributed by atoms with Crippen molar-refractivity contribution in [3.05, 3.63) is 59.2 Å². The second-order valence-electron chi connectivity index (χ2n) is 6.31. The van der Waals surface area contributed by atoms with Gasteiger partial charge in [-0.2, -0.15) is 0 Å². The van der Waals surface area contributed by atoms with Crippen LogP contribution in [-0.2, 0) is 6.54 Å². The van der Waals surface area contributed by atoms with Gasteiger partial charge in [0.2, 0.25) is 0 Å². The maximum atomic E-state index is 5.35. The van der Waals surface area contributed by atoms with Gasteiger partial charge in [-0.3, -0.25) is 4.99 Å². The number of aliphatic imine (C=N–C) groups is 1. The first-order valence-corrected chi connectivity index (χ1v) is 8.79. The molecule has 2 rings (SSSR count). The summed E-state index contributed by atoms with van der Waals surface area (Å²) in [6, 6.07) is 14.5. The van der Waals surface area contributed by atoms with Crippen LogP contribution < -0.4 is 20.1 Å². The van der Waals surface area contributed by atoms with Crippen molar-refractivity contribution in [1.29, 1.82) is 0 Å². The lowest BCUT2D eigenvalue weighted by Gasteiger charge is -2.17. The van der Waals surface area contributed by atoms with Crippen molar-refractivity contribution in [3.63, 3.8) is 0 Å². The fraction of sp³-hybridized carbons (Fsp3) is 0.381. The maximum Gasteiger partial charge on any atom is 0.191 e. The van der Waals surface area contributed by atoms with E-state index >= 15 is 0 Å². The van der Waals surface area contributed by atoms with E-state index in [9.17, 15) is 0 Å². The van der Waals surface area contributed by atoms with Gasteiger partial charge in [0.25, 0.3) is 0 Å². The number of methoxy groups -OCH3 is 2. The SMILES string of the molecule is CN=C(NCc1ccc(OC)c(OC)c1)NCC(C)c1cccc(C)c1.I. The summed E-state index contributed by atoms with van der Waals surface area (Å²) in [5.74, 6) is 2.63. The normalized spacial score (nSPS) is 12.0. The predicted molar refractivity (Wildman–Crippen MR) is 123 cm³/mol. The molecule has 0 spiro atoms. The number of nitrogens with one attached hydrogen (secondary N) is 2. The van der Waals surface area contributed by atoms with E-state index in [4.69, 9.17) is 9.47 Å². The Labute approximate surface area is 179 Å². The van der Waals surface area contributed by atoms with E-state index in [2.05, 4.69) is 53.7 Å². The Balaban J connectivity index is 0.00000364. The van der Waals surface area contributed by atoms with Crippen molar-refractivity contribution in [1.82, 2.24) is 10.6 Å². The van der Waals surface area contributed by atoms with Crippen molar-refractivity contribution in [3.8, 4) is 11.5 Å². The molecule has 0 fully saturated rings. The molecular formula is C21H30IN3O2. The van der Waals surface area contributed by atoms with Crippen molar-refractivity contribution in [2.45, 2.75) is 26.3 Å². The van der Waals surface area contributed by atoms with Crippen LogP contribution in [0.5, 0.6) is 11.5 Å². The average Bonchev–Trinajstić information content (AvgIpc) is 2.67. The number of rotatable bonds is 7. The number of ether oxygens (including phenoxy) is 2. The summed E-state index contributed by atoms with van der Waals surface area (Å²) >= 11 is 0. The van der Waals surface area contributed by atoms with E-state index in [-0.39, 0.29) is 24.0 Å². The highest BCUT2D eigenvalue weighted by Crippen LogP contribution is 2.27. The summed E-state index contributed by atoms with van der Waals surface area (Å²) < 4.78 is 10.6. The highest BCUT2D eigenvalue weighted by atomic mass is 127. The van der Waals surface area contributed by atoms with E-state index in [0.29, 0.717) is 12.5 Å². The molecule has 0 heterocycles. The predicted octanol–water partition coefficient (Wildman–Crippen LogP) is 4.10. The minimum absolute atomic E-state index is 0. The average molecular weight is 483 g/mol. The van der Waals surface area contributed by atoms with Gasteiger partial charge in [-0.05, 0) is 36.1 Å². The van der Waals surface area contributed by atoms with Gasteiger partial charge >= 0.3 is 0 Å². The molecule has 0 aliphatic heterocycles. The van der Waals surface area contributed by atoms with Crippen LogP contribution in [0.15, 0.2) is 47.5 Å². The van der Waals surface area contributed by atoms with Crippen LogP contribution in [0.2, 0.25) is 0 Å². The van der Waals surface area contributed by atoms with Gasteiger partial charge in [0, 0.05) is 20.1 Å². The van der Waals surface area contributed by atoms with E-state index in [1.165, 1.54) is 11.1 Å².